The van der Waals surface area contributed by atoms with Crippen molar-refractivity contribution in [3.8, 4) is 16.9 Å². The second kappa shape index (κ2) is 4.96. The summed E-state index contributed by atoms with van der Waals surface area (Å²) in [6.07, 6.45) is 1.67. The Morgan fingerprint density at radius 1 is 1.24 bits per heavy atom. The molecule has 0 saturated carbocycles. The Bertz CT molecular complexity index is 787. The Labute approximate surface area is 129 Å². The molecule has 0 unspecified atom stereocenters. The molecule has 6 heteroatoms. The van der Waals surface area contributed by atoms with E-state index in [1.54, 1.807) is 18.3 Å². The second-order valence-electron chi connectivity index (χ2n) is 4.65. The zero-order chi connectivity index (χ0) is 15.1. The van der Waals surface area contributed by atoms with E-state index in [9.17, 15) is 9.59 Å². The van der Waals surface area contributed by atoms with Crippen LogP contribution in [0.4, 0.5) is 5.69 Å². The number of methoxy groups -OCH3 is 1. The van der Waals surface area contributed by atoms with Crippen LogP contribution in [-0.2, 0) is 4.79 Å². The van der Waals surface area contributed by atoms with Crippen LogP contribution in [0.25, 0.3) is 11.1 Å². The van der Waals surface area contributed by atoms with Gasteiger partial charge in [-0.3, -0.25) is 14.6 Å². The zero-order valence-electron chi connectivity index (χ0n) is 11.4. The molecule has 21 heavy (non-hydrogen) atoms. The van der Waals surface area contributed by atoms with E-state index in [0.29, 0.717) is 27.0 Å². The van der Waals surface area contributed by atoms with E-state index in [0.717, 1.165) is 11.3 Å². The fourth-order valence-electron chi connectivity index (χ4n) is 2.41. The topological polar surface area (TPSA) is 68.3 Å². The van der Waals surface area contributed by atoms with Crippen molar-refractivity contribution in [1.82, 2.24) is 4.98 Å². The number of pyridine rings is 1. The summed E-state index contributed by atoms with van der Waals surface area (Å²) in [5.74, 6) is -0.756. The molecule has 2 aromatic rings. The lowest BCUT2D eigenvalue weighted by molar-refractivity contribution is -0.112. The molecule has 0 fully saturated rings. The van der Waals surface area contributed by atoms with E-state index >= 15 is 0 Å². The minimum Gasteiger partial charge on any atom is -0.495 e. The molecule has 1 aliphatic heterocycles. The summed E-state index contributed by atoms with van der Waals surface area (Å²) in [7, 11) is 1.49. The maximum absolute atomic E-state index is 12.2. The summed E-state index contributed by atoms with van der Waals surface area (Å²) in [5.41, 5.74) is 3.06. The number of halogens is 1. The molecule has 106 valence electrons. The third-order valence-electron chi connectivity index (χ3n) is 3.32. The molecule has 0 aliphatic carbocycles. The van der Waals surface area contributed by atoms with Gasteiger partial charge in [0.15, 0.2) is 0 Å². The minimum absolute atomic E-state index is 0.330. The van der Waals surface area contributed by atoms with Crippen LogP contribution in [0.5, 0.6) is 5.75 Å². The summed E-state index contributed by atoms with van der Waals surface area (Å²) < 4.78 is 5.93. The Hall–Kier alpha value is -2.21. The third-order valence-corrected chi connectivity index (χ3v) is 3.95. The van der Waals surface area contributed by atoms with Crippen molar-refractivity contribution in [2.24, 2.45) is 0 Å². The summed E-state index contributed by atoms with van der Waals surface area (Å²) in [6.45, 7) is 1.87. The normalized spacial score (nSPS) is 13.1. The number of nitrogens with zero attached hydrogens (tertiary/aromatic N) is 1. The lowest BCUT2D eigenvalue weighted by Gasteiger charge is -2.13. The number of ether oxygens (including phenoxy) is 1. The number of carbonyl (C=O) groups excluding carboxylic acids is 2. The molecule has 5 nitrogen and oxygen atoms in total. The first-order valence-corrected chi connectivity index (χ1v) is 7.01. The molecule has 1 amide bonds. The number of rotatable bonds is 2. The SMILES string of the molecule is COc1cc(Br)c(-c2ccnc(C)c2)c2c1NC(=O)C2=O. The van der Waals surface area contributed by atoms with Crippen LogP contribution in [0.3, 0.4) is 0 Å². The van der Waals surface area contributed by atoms with Gasteiger partial charge in [-0.25, -0.2) is 0 Å². The van der Waals surface area contributed by atoms with E-state index in [4.69, 9.17) is 4.74 Å². The van der Waals surface area contributed by atoms with Crippen LogP contribution in [-0.4, -0.2) is 23.8 Å². The van der Waals surface area contributed by atoms with E-state index < -0.39 is 11.7 Å². The number of nitrogens with one attached hydrogen (secondary N) is 1. The van der Waals surface area contributed by atoms with Crippen LogP contribution >= 0.6 is 15.9 Å². The highest BCUT2D eigenvalue weighted by atomic mass is 79.9. The molecule has 1 N–H and O–H groups in total. The molecule has 0 saturated heterocycles. The van der Waals surface area contributed by atoms with Crippen LogP contribution < -0.4 is 10.1 Å². The van der Waals surface area contributed by atoms with Gasteiger partial charge in [-0.1, -0.05) is 0 Å². The molecule has 0 atom stereocenters. The number of amides is 1. The highest BCUT2D eigenvalue weighted by Gasteiger charge is 2.35. The first-order valence-electron chi connectivity index (χ1n) is 6.22. The van der Waals surface area contributed by atoms with Gasteiger partial charge in [0.1, 0.15) is 5.75 Å². The summed E-state index contributed by atoms with van der Waals surface area (Å²) in [5, 5.41) is 2.57. The van der Waals surface area contributed by atoms with Crippen LogP contribution in [0.2, 0.25) is 0 Å². The molecule has 0 bridgehead atoms. The lowest BCUT2D eigenvalue weighted by Crippen LogP contribution is -2.13. The van der Waals surface area contributed by atoms with Gasteiger partial charge in [-0.2, -0.15) is 0 Å². The average molecular weight is 347 g/mol. The number of aryl methyl sites for hydroxylation is 1. The third kappa shape index (κ3) is 2.12. The predicted octanol–water partition coefficient (Wildman–Crippen LogP) is 2.96. The minimum atomic E-state index is -0.645. The Kier molecular flexibility index (Phi) is 3.25. The molecule has 1 aliphatic rings. The zero-order valence-corrected chi connectivity index (χ0v) is 12.9. The van der Waals surface area contributed by atoms with Crippen molar-refractivity contribution in [2.45, 2.75) is 6.92 Å². The summed E-state index contributed by atoms with van der Waals surface area (Å²) in [6, 6.07) is 5.40. The maximum atomic E-state index is 12.2. The molecule has 1 aromatic carbocycles. The average Bonchev–Trinajstić information content (AvgIpc) is 2.74. The summed E-state index contributed by atoms with van der Waals surface area (Å²) >= 11 is 3.46. The predicted molar refractivity (Wildman–Crippen MR) is 81.6 cm³/mol. The monoisotopic (exact) mass is 346 g/mol. The molecule has 1 aromatic heterocycles. The second-order valence-corrected chi connectivity index (χ2v) is 5.51. The number of carbonyl (C=O) groups is 2. The van der Waals surface area contributed by atoms with Crippen LogP contribution in [0, 0.1) is 6.92 Å². The number of Topliss-reactive ketones (excluding diaryl/α,β-unsaturated/α-hetero) is 1. The highest BCUT2D eigenvalue weighted by molar-refractivity contribution is 9.10. The molecule has 3 rings (SSSR count). The van der Waals surface area contributed by atoms with Gasteiger partial charge < -0.3 is 10.1 Å². The van der Waals surface area contributed by atoms with Gasteiger partial charge in [0.2, 0.25) is 0 Å². The largest absolute Gasteiger partial charge is 0.495 e. The van der Waals surface area contributed by atoms with Gasteiger partial charge in [-0.15, -0.1) is 0 Å². The smallest absolute Gasteiger partial charge is 0.296 e. The Morgan fingerprint density at radius 2 is 2.00 bits per heavy atom. The Morgan fingerprint density at radius 3 is 2.67 bits per heavy atom. The fraction of sp³-hybridized carbons (Fsp3) is 0.133. The van der Waals surface area contributed by atoms with E-state index in [1.165, 1.54) is 7.11 Å². The van der Waals surface area contributed by atoms with Crippen molar-refractivity contribution in [1.29, 1.82) is 0 Å². The number of hydrogen-bond acceptors (Lipinski definition) is 4. The molecule has 2 heterocycles. The number of fused-ring (bicyclic) bond motifs is 1. The number of ketones is 1. The van der Waals surface area contributed by atoms with Crippen LogP contribution in [0.15, 0.2) is 28.9 Å². The van der Waals surface area contributed by atoms with Gasteiger partial charge in [0, 0.05) is 21.9 Å². The van der Waals surface area contributed by atoms with Gasteiger partial charge >= 0.3 is 0 Å². The first-order chi connectivity index (χ1) is 10.0. The molecular formula is C15H11BrN2O3. The van der Waals surface area contributed by atoms with E-state index in [1.807, 2.05) is 13.0 Å². The van der Waals surface area contributed by atoms with Crippen molar-refractivity contribution in [3.63, 3.8) is 0 Å². The van der Waals surface area contributed by atoms with Gasteiger partial charge in [0.25, 0.3) is 11.7 Å². The van der Waals surface area contributed by atoms with Crippen molar-refractivity contribution in [3.05, 3.63) is 40.1 Å². The summed E-state index contributed by atoms with van der Waals surface area (Å²) in [4.78, 5) is 28.1. The van der Waals surface area contributed by atoms with E-state index in [2.05, 4.69) is 26.2 Å². The van der Waals surface area contributed by atoms with Crippen molar-refractivity contribution in [2.75, 3.05) is 12.4 Å². The van der Waals surface area contributed by atoms with E-state index in [-0.39, 0.29) is 0 Å². The lowest BCUT2D eigenvalue weighted by atomic mass is 9.97. The molecular weight excluding hydrogens is 336 g/mol. The standard InChI is InChI=1S/C15H11BrN2O3/c1-7-5-8(3-4-17-7)11-9(16)6-10(21-2)13-12(11)14(19)15(20)18-13/h3-6H,1-2H3,(H,18,19,20). The quantitative estimate of drug-likeness (QED) is 0.848. The Balaban J connectivity index is 2.35. The first kappa shape index (κ1) is 13.8. The van der Waals surface area contributed by atoms with Crippen molar-refractivity contribution < 1.29 is 14.3 Å². The molecule has 0 spiro atoms. The number of anilines is 1. The van der Waals surface area contributed by atoms with Gasteiger partial charge in [-0.05, 0) is 46.6 Å². The number of aromatic nitrogens is 1. The van der Waals surface area contributed by atoms with Crippen LogP contribution in [0.1, 0.15) is 16.1 Å². The maximum Gasteiger partial charge on any atom is 0.296 e. The molecule has 0 radical (unpaired) electrons. The van der Waals surface area contributed by atoms with Gasteiger partial charge in [0.05, 0.1) is 18.4 Å². The number of hydrogen-bond donors (Lipinski definition) is 1. The van der Waals surface area contributed by atoms with Crippen molar-refractivity contribution >= 4 is 33.3 Å². The highest BCUT2D eigenvalue weighted by Crippen LogP contribution is 2.44. The number of benzene rings is 1. The fourth-order valence-corrected chi connectivity index (χ4v) is 3.04.